The quantitative estimate of drug-likeness (QED) is 0.213. The fourth-order valence-corrected chi connectivity index (χ4v) is 5.92. The van der Waals surface area contributed by atoms with Gasteiger partial charge in [-0.2, -0.15) is 0 Å². The number of nitrogens with zero attached hydrogens (tertiary/aromatic N) is 1. The van der Waals surface area contributed by atoms with Crippen LogP contribution in [0.15, 0.2) is 83.7 Å². The van der Waals surface area contributed by atoms with Crippen molar-refractivity contribution in [1.82, 2.24) is 0 Å². The summed E-state index contributed by atoms with van der Waals surface area (Å²) in [4.78, 5) is 28.7. The lowest BCUT2D eigenvalue weighted by Gasteiger charge is -2.21. The maximum absolute atomic E-state index is 13.3. The number of carbonyl (C=O) groups excluding carboxylic acids is 1. The molecule has 0 aliphatic carbocycles. The summed E-state index contributed by atoms with van der Waals surface area (Å²) in [6.07, 6.45) is 0.825. The number of methoxy groups -OCH3 is 3. The Bertz CT molecular complexity index is 1750. The first-order valence-electron chi connectivity index (χ1n) is 12.8. The van der Waals surface area contributed by atoms with Crippen LogP contribution in [-0.4, -0.2) is 40.8 Å². The topological polar surface area (TPSA) is 77.1 Å². The molecule has 0 saturated carbocycles. The smallest absolute Gasteiger partial charge is 0.257 e. The van der Waals surface area contributed by atoms with E-state index in [0.717, 1.165) is 28.9 Å². The van der Waals surface area contributed by atoms with Crippen LogP contribution in [0, 0.1) is 0 Å². The van der Waals surface area contributed by atoms with Gasteiger partial charge in [0, 0.05) is 41.8 Å². The molecule has 4 aromatic carbocycles. The van der Waals surface area contributed by atoms with E-state index in [1.165, 1.54) is 11.3 Å². The van der Waals surface area contributed by atoms with Gasteiger partial charge in [0.2, 0.25) is 0 Å². The second-order valence-corrected chi connectivity index (χ2v) is 10.3. The normalized spacial score (nSPS) is 10.9. The Labute approximate surface area is 236 Å². The molecule has 0 spiro atoms. The van der Waals surface area contributed by atoms with E-state index in [4.69, 9.17) is 14.2 Å². The van der Waals surface area contributed by atoms with E-state index >= 15 is 0 Å². The number of ether oxygens (including phenoxy) is 3. The lowest BCUT2D eigenvalue weighted by Crippen LogP contribution is -2.20. The van der Waals surface area contributed by atoms with Crippen LogP contribution in [0.5, 0.6) is 17.2 Å². The van der Waals surface area contributed by atoms with Gasteiger partial charge in [0.25, 0.3) is 5.91 Å². The van der Waals surface area contributed by atoms with E-state index in [9.17, 15) is 9.59 Å². The first-order chi connectivity index (χ1) is 19.4. The van der Waals surface area contributed by atoms with Gasteiger partial charge < -0.3 is 24.4 Å². The summed E-state index contributed by atoms with van der Waals surface area (Å²) in [5, 5.41) is 4.09. The lowest BCUT2D eigenvalue weighted by atomic mass is 10.1. The minimum absolute atomic E-state index is 0.111. The second-order valence-electron chi connectivity index (χ2n) is 9.31. The second kappa shape index (κ2) is 11.7. The van der Waals surface area contributed by atoms with E-state index in [2.05, 4.69) is 10.2 Å². The molecule has 8 heteroatoms. The van der Waals surface area contributed by atoms with Gasteiger partial charge in [0.1, 0.15) is 5.75 Å². The van der Waals surface area contributed by atoms with Crippen molar-refractivity contribution in [2.24, 2.45) is 0 Å². The molecule has 0 aliphatic rings. The number of fused-ring (bicyclic) bond motifs is 2. The van der Waals surface area contributed by atoms with Crippen molar-refractivity contribution in [3.05, 3.63) is 100 Å². The molecule has 1 amide bonds. The van der Waals surface area contributed by atoms with Crippen LogP contribution in [0.4, 0.5) is 11.4 Å². The molecular formula is C32H30N2O5S. The van der Waals surface area contributed by atoms with Crippen LogP contribution >= 0.6 is 11.3 Å². The summed E-state index contributed by atoms with van der Waals surface area (Å²) >= 11 is 1.39. The van der Waals surface area contributed by atoms with E-state index < -0.39 is 0 Å². The van der Waals surface area contributed by atoms with Crippen molar-refractivity contribution in [1.29, 1.82) is 0 Å². The fourth-order valence-electron chi connectivity index (χ4n) is 4.65. The van der Waals surface area contributed by atoms with Gasteiger partial charge in [-0.25, -0.2) is 0 Å². The van der Waals surface area contributed by atoms with Crippen LogP contribution in [0.25, 0.3) is 20.2 Å². The number of nitrogens with one attached hydrogen (secondary N) is 1. The molecule has 204 valence electrons. The first-order valence-corrected chi connectivity index (χ1v) is 13.6. The third-order valence-corrected chi connectivity index (χ3v) is 8.18. The third kappa shape index (κ3) is 5.31. The molecule has 5 rings (SSSR count). The zero-order chi connectivity index (χ0) is 28.2. The van der Waals surface area contributed by atoms with E-state index in [-0.39, 0.29) is 11.3 Å². The predicted octanol–water partition coefficient (Wildman–Crippen LogP) is 6.37. The molecule has 0 unspecified atom stereocenters. The highest BCUT2D eigenvalue weighted by Gasteiger charge is 2.16. The summed E-state index contributed by atoms with van der Waals surface area (Å²) in [6.45, 7) is 0.799. The van der Waals surface area contributed by atoms with Crippen LogP contribution in [0.2, 0.25) is 0 Å². The Morgan fingerprint density at radius 2 is 1.48 bits per heavy atom. The SMILES string of the molecule is COc1ccc(N(C)CCc2ccc(NC(=O)c3cccc4c(=O)c5cccc(OC)c5sc34)cc2)cc1OC. The average Bonchev–Trinajstić information content (AvgIpc) is 2.99. The van der Waals surface area contributed by atoms with Crippen molar-refractivity contribution in [3.63, 3.8) is 0 Å². The van der Waals surface area contributed by atoms with Crippen molar-refractivity contribution in [2.45, 2.75) is 6.42 Å². The average molecular weight is 555 g/mol. The Balaban J connectivity index is 1.31. The number of carbonyl (C=O) groups is 1. The van der Waals surface area contributed by atoms with Crippen molar-refractivity contribution in [3.8, 4) is 17.2 Å². The molecule has 1 heterocycles. The summed E-state index contributed by atoms with van der Waals surface area (Å²) in [5.41, 5.74) is 3.20. The lowest BCUT2D eigenvalue weighted by molar-refractivity contribution is 0.102. The summed E-state index contributed by atoms with van der Waals surface area (Å²) in [6, 6.07) is 24.3. The number of rotatable bonds is 9. The van der Waals surface area contributed by atoms with Crippen molar-refractivity contribution >= 4 is 48.8 Å². The largest absolute Gasteiger partial charge is 0.495 e. The van der Waals surface area contributed by atoms with E-state index in [0.29, 0.717) is 44.0 Å². The zero-order valence-electron chi connectivity index (χ0n) is 22.8. The number of benzene rings is 4. The molecule has 0 atom stereocenters. The van der Waals surface area contributed by atoms with Crippen molar-refractivity contribution < 1.29 is 19.0 Å². The van der Waals surface area contributed by atoms with Crippen LogP contribution in [0.3, 0.4) is 0 Å². The monoisotopic (exact) mass is 554 g/mol. The first kappa shape index (κ1) is 27.0. The van der Waals surface area contributed by atoms with Gasteiger partial charge in [-0.05, 0) is 60.5 Å². The molecule has 0 aliphatic heterocycles. The van der Waals surface area contributed by atoms with E-state index in [1.54, 1.807) is 51.7 Å². The number of anilines is 2. The molecule has 5 aromatic rings. The third-order valence-electron chi connectivity index (χ3n) is 6.91. The van der Waals surface area contributed by atoms with Gasteiger partial charge in [-0.15, -0.1) is 11.3 Å². The molecule has 7 nitrogen and oxygen atoms in total. The Morgan fingerprint density at radius 3 is 2.17 bits per heavy atom. The Morgan fingerprint density at radius 1 is 0.800 bits per heavy atom. The summed E-state index contributed by atoms with van der Waals surface area (Å²) in [5.74, 6) is 1.74. The predicted molar refractivity (Wildman–Crippen MR) is 163 cm³/mol. The highest BCUT2D eigenvalue weighted by atomic mass is 32.1. The number of hydrogen-bond acceptors (Lipinski definition) is 7. The van der Waals surface area contributed by atoms with Gasteiger partial charge in [0.15, 0.2) is 16.9 Å². The molecule has 0 saturated heterocycles. The number of likely N-dealkylation sites (N-methyl/N-ethyl adjacent to an activating group) is 1. The molecule has 1 aromatic heterocycles. The Kier molecular flexibility index (Phi) is 7.89. The maximum Gasteiger partial charge on any atom is 0.257 e. The van der Waals surface area contributed by atoms with Gasteiger partial charge in [0.05, 0.1) is 36.3 Å². The number of hydrogen-bond donors (Lipinski definition) is 1. The zero-order valence-corrected chi connectivity index (χ0v) is 23.6. The highest BCUT2D eigenvalue weighted by molar-refractivity contribution is 7.25. The molecule has 0 radical (unpaired) electrons. The standard InChI is InChI=1S/C32H30N2O5S/c1-34(22-15-16-26(37-2)28(19-22)39-4)18-17-20-11-13-21(14-12-20)33-32(36)25-9-5-7-23-29(35)24-8-6-10-27(38-3)31(24)40-30(23)25/h5-16,19H,17-18H2,1-4H3,(H,33,36). The number of amides is 1. The molecule has 1 N–H and O–H groups in total. The van der Waals surface area contributed by atoms with Crippen LogP contribution in [0.1, 0.15) is 15.9 Å². The molecule has 40 heavy (non-hydrogen) atoms. The minimum atomic E-state index is -0.267. The van der Waals surface area contributed by atoms with Crippen LogP contribution < -0.4 is 29.9 Å². The molecular weight excluding hydrogens is 524 g/mol. The van der Waals surface area contributed by atoms with Gasteiger partial charge in [-0.1, -0.05) is 24.3 Å². The van der Waals surface area contributed by atoms with Gasteiger partial charge >= 0.3 is 0 Å². The highest BCUT2D eigenvalue weighted by Crippen LogP contribution is 2.34. The van der Waals surface area contributed by atoms with Crippen LogP contribution in [-0.2, 0) is 6.42 Å². The summed E-state index contributed by atoms with van der Waals surface area (Å²) in [7, 11) is 6.86. The fraction of sp³-hybridized carbons (Fsp3) is 0.188. The molecule has 0 fully saturated rings. The Hall–Kier alpha value is -4.56. The maximum atomic E-state index is 13.3. The van der Waals surface area contributed by atoms with E-state index in [1.807, 2.05) is 55.6 Å². The molecule has 0 bridgehead atoms. The minimum Gasteiger partial charge on any atom is -0.495 e. The van der Waals surface area contributed by atoms with Crippen molar-refractivity contribution in [2.75, 3.05) is 45.1 Å². The summed E-state index contributed by atoms with van der Waals surface area (Å²) < 4.78 is 17.6. The van der Waals surface area contributed by atoms with Gasteiger partial charge in [-0.3, -0.25) is 9.59 Å².